The van der Waals surface area contributed by atoms with E-state index in [1.54, 1.807) is 17.8 Å². The highest BCUT2D eigenvalue weighted by atomic mass is 32.2. The first-order valence-corrected chi connectivity index (χ1v) is 13.7. The molecule has 3 nitrogen and oxygen atoms in total. The first kappa shape index (κ1) is 30.6. The van der Waals surface area contributed by atoms with E-state index < -0.39 is 0 Å². The Labute approximate surface area is 229 Å². The van der Waals surface area contributed by atoms with Crippen LogP contribution >= 0.6 is 11.8 Å². The molecule has 0 bridgehead atoms. The van der Waals surface area contributed by atoms with E-state index in [1.165, 1.54) is 5.56 Å². The van der Waals surface area contributed by atoms with Gasteiger partial charge in [-0.25, -0.2) is 0 Å². The van der Waals surface area contributed by atoms with Crippen LogP contribution in [0.4, 0.5) is 0 Å². The summed E-state index contributed by atoms with van der Waals surface area (Å²) in [7, 11) is 0. The van der Waals surface area contributed by atoms with Gasteiger partial charge >= 0.3 is 0 Å². The fourth-order valence-corrected chi connectivity index (χ4v) is 5.17. The molecule has 0 amide bonds. The Morgan fingerprint density at radius 1 is 0.486 bits per heavy atom. The van der Waals surface area contributed by atoms with Crippen LogP contribution in [0, 0.1) is 20.8 Å². The Kier molecular flexibility index (Phi) is 9.13. The minimum absolute atomic E-state index is 0.0239. The molecule has 0 aliphatic heterocycles. The summed E-state index contributed by atoms with van der Waals surface area (Å²) in [5, 5.41) is 30.2. The average Bonchev–Trinajstić information content (AvgIpc) is 2.71. The molecule has 0 atom stereocenters. The van der Waals surface area contributed by atoms with E-state index in [-0.39, 0.29) is 16.2 Å². The van der Waals surface area contributed by atoms with Gasteiger partial charge in [-0.2, -0.15) is 0 Å². The molecule has 0 unspecified atom stereocenters. The van der Waals surface area contributed by atoms with Crippen molar-refractivity contribution in [1.82, 2.24) is 0 Å². The standard InChI is InChI=1S/C22H30O2S.C11H16O/c1-13-9-17(23)15(21(3,4)5)11-19(13)25-20-12-16(22(6,7)8)18(24)10-14(20)2;1-8-5-6-10(12)9(7-8)11(2,3)4/h9-12,23-24H,1-8H3;5-7,12H,1-4H3. The van der Waals surface area contributed by atoms with Crippen molar-refractivity contribution in [3.63, 3.8) is 0 Å². The molecule has 37 heavy (non-hydrogen) atoms. The molecule has 4 heteroatoms. The number of rotatable bonds is 2. The molecule has 3 N–H and O–H groups in total. The molecule has 0 aromatic heterocycles. The van der Waals surface area contributed by atoms with E-state index in [2.05, 4.69) is 74.4 Å². The van der Waals surface area contributed by atoms with Crippen molar-refractivity contribution >= 4 is 11.8 Å². The number of hydrogen-bond donors (Lipinski definition) is 3. The Morgan fingerprint density at radius 3 is 1.16 bits per heavy atom. The highest BCUT2D eigenvalue weighted by Gasteiger charge is 2.23. The second-order valence-corrected chi connectivity index (χ2v) is 14.2. The zero-order chi connectivity index (χ0) is 28.5. The van der Waals surface area contributed by atoms with Gasteiger partial charge in [0.25, 0.3) is 0 Å². The van der Waals surface area contributed by atoms with Crippen molar-refractivity contribution in [2.75, 3.05) is 0 Å². The van der Waals surface area contributed by atoms with Crippen LogP contribution in [0.25, 0.3) is 0 Å². The summed E-state index contributed by atoms with van der Waals surface area (Å²) in [6, 6.07) is 13.6. The summed E-state index contributed by atoms with van der Waals surface area (Å²) in [5.41, 5.74) is 6.01. The topological polar surface area (TPSA) is 60.7 Å². The van der Waals surface area contributed by atoms with E-state index in [0.717, 1.165) is 37.6 Å². The normalized spacial score (nSPS) is 12.2. The molecule has 3 rings (SSSR count). The van der Waals surface area contributed by atoms with E-state index >= 15 is 0 Å². The van der Waals surface area contributed by atoms with Gasteiger partial charge in [-0.3, -0.25) is 0 Å². The van der Waals surface area contributed by atoms with Crippen molar-refractivity contribution in [2.45, 2.75) is 109 Å². The van der Waals surface area contributed by atoms with Gasteiger partial charge in [0.1, 0.15) is 17.2 Å². The van der Waals surface area contributed by atoms with Gasteiger partial charge in [0.2, 0.25) is 0 Å². The predicted molar refractivity (Wildman–Crippen MR) is 159 cm³/mol. The third kappa shape index (κ3) is 7.95. The monoisotopic (exact) mass is 522 g/mol. The van der Waals surface area contributed by atoms with Crippen molar-refractivity contribution in [3.05, 3.63) is 75.8 Å². The van der Waals surface area contributed by atoms with Crippen LogP contribution in [0.15, 0.2) is 52.3 Å². The Bertz CT molecular complexity index is 1190. The number of phenolic OH excluding ortho intramolecular Hbond substituents is 3. The molecule has 3 aromatic carbocycles. The minimum Gasteiger partial charge on any atom is -0.508 e. The van der Waals surface area contributed by atoms with Crippen LogP contribution in [0.3, 0.4) is 0 Å². The van der Waals surface area contributed by atoms with Gasteiger partial charge in [-0.05, 0) is 84.0 Å². The van der Waals surface area contributed by atoms with Crippen LogP contribution < -0.4 is 0 Å². The SMILES string of the molecule is Cc1cc(O)c(C(C)(C)C)cc1Sc1cc(C(C)(C)C)c(O)cc1C.Cc1ccc(O)c(C(C)(C)C)c1. The molecule has 0 saturated heterocycles. The molecular formula is C33H46O3S. The average molecular weight is 523 g/mol. The lowest BCUT2D eigenvalue weighted by Gasteiger charge is -2.24. The maximum absolute atomic E-state index is 10.3. The second-order valence-electron chi connectivity index (χ2n) is 13.1. The van der Waals surface area contributed by atoms with Crippen LogP contribution in [-0.2, 0) is 16.2 Å². The zero-order valence-electron chi connectivity index (χ0n) is 24.8. The number of aromatic hydroxyl groups is 3. The van der Waals surface area contributed by atoms with Crippen LogP contribution in [-0.4, -0.2) is 15.3 Å². The molecule has 0 heterocycles. The molecule has 0 radical (unpaired) electrons. The van der Waals surface area contributed by atoms with Crippen molar-refractivity contribution in [2.24, 2.45) is 0 Å². The number of hydrogen-bond acceptors (Lipinski definition) is 4. The molecule has 202 valence electrons. The van der Waals surface area contributed by atoms with Crippen LogP contribution in [0.2, 0.25) is 0 Å². The van der Waals surface area contributed by atoms with Gasteiger partial charge in [0.05, 0.1) is 0 Å². The fourth-order valence-electron chi connectivity index (χ4n) is 4.14. The van der Waals surface area contributed by atoms with Gasteiger partial charge in [0, 0.05) is 20.9 Å². The van der Waals surface area contributed by atoms with Gasteiger partial charge in [-0.1, -0.05) is 91.8 Å². The van der Waals surface area contributed by atoms with Crippen LogP contribution in [0.5, 0.6) is 17.2 Å². The minimum atomic E-state index is -0.117. The first-order valence-electron chi connectivity index (χ1n) is 12.9. The molecule has 0 aliphatic rings. The maximum atomic E-state index is 10.3. The molecule has 0 saturated carbocycles. The van der Waals surface area contributed by atoms with E-state index in [4.69, 9.17) is 0 Å². The number of benzene rings is 3. The zero-order valence-corrected chi connectivity index (χ0v) is 25.6. The largest absolute Gasteiger partial charge is 0.508 e. The van der Waals surface area contributed by atoms with Crippen LogP contribution in [0.1, 0.15) is 95.7 Å². The smallest absolute Gasteiger partial charge is 0.119 e. The van der Waals surface area contributed by atoms with Crippen molar-refractivity contribution in [3.8, 4) is 17.2 Å². The predicted octanol–water partition coefficient (Wildman–Crippen LogP) is 9.46. The summed E-state index contributed by atoms with van der Waals surface area (Å²) < 4.78 is 0. The third-order valence-corrected chi connectivity index (χ3v) is 7.70. The molecule has 0 aliphatic carbocycles. The third-order valence-electron chi connectivity index (χ3n) is 6.38. The highest BCUT2D eigenvalue weighted by molar-refractivity contribution is 7.99. The van der Waals surface area contributed by atoms with E-state index in [1.807, 2.05) is 45.0 Å². The second kappa shape index (κ2) is 11.0. The number of phenols is 3. The summed E-state index contributed by atoms with van der Waals surface area (Å²) >= 11 is 1.70. The summed E-state index contributed by atoms with van der Waals surface area (Å²) in [5.74, 6) is 1.10. The lowest BCUT2D eigenvalue weighted by Crippen LogP contribution is -2.12. The van der Waals surface area contributed by atoms with Gasteiger partial charge in [-0.15, -0.1) is 0 Å². The van der Waals surface area contributed by atoms with Gasteiger partial charge in [0.15, 0.2) is 0 Å². The Balaban J connectivity index is 0.000000335. The molecular weight excluding hydrogens is 476 g/mol. The first-order chi connectivity index (χ1) is 16.7. The number of aryl methyl sites for hydroxylation is 3. The quantitative estimate of drug-likeness (QED) is 0.314. The van der Waals surface area contributed by atoms with Crippen molar-refractivity contribution < 1.29 is 15.3 Å². The van der Waals surface area contributed by atoms with Crippen molar-refractivity contribution in [1.29, 1.82) is 0 Å². The van der Waals surface area contributed by atoms with E-state index in [0.29, 0.717) is 17.2 Å². The molecule has 0 fully saturated rings. The lowest BCUT2D eigenvalue weighted by atomic mass is 9.85. The Hall–Kier alpha value is -2.59. The van der Waals surface area contributed by atoms with E-state index in [9.17, 15) is 15.3 Å². The van der Waals surface area contributed by atoms with Gasteiger partial charge < -0.3 is 15.3 Å². The fraction of sp³-hybridized carbons (Fsp3) is 0.455. The summed E-state index contributed by atoms with van der Waals surface area (Å²) in [6.07, 6.45) is 0. The Morgan fingerprint density at radius 2 is 0.838 bits per heavy atom. The highest BCUT2D eigenvalue weighted by Crippen LogP contribution is 2.42. The molecule has 0 spiro atoms. The molecule has 3 aromatic rings. The lowest BCUT2D eigenvalue weighted by molar-refractivity contribution is 0.444. The maximum Gasteiger partial charge on any atom is 0.119 e. The summed E-state index contributed by atoms with van der Waals surface area (Å²) in [6.45, 7) is 25.0. The summed E-state index contributed by atoms with van der Waals surface area (Å²) in [4.78, 5) is 2.27.